The summed E-state index contributed by atoms with van der Waals surface area (Å²) in [5.41, 5.74) is 2.57. The summed E-state index contributed by atoms with van der Waals surface area (Å²) >= 11 is 0. The van der Waals surface area contributed by atoms with Gasteiger partial charge in [0.05, 0.1) is 28.2 Å². The van der Waals surface area contributed by atoms with Gasteiger partial charge in [-0.2, -0.15) is 5.26 Å². The molecule has 2 aromatic carbocycles. The normalized spacial score (nSPS) is 11.8. The van der Waals surface area contributed by atoms with E-state index in [2.05, 4.69) is 6.07 Å². The summed E-state index contributed by atoms with van der Waals surface area (Å²) in [5, 5.41) is 8.99. The highest BCUT2D eigenvalue weighted by Gasteiger charge is 2.08. The Kier molecular flexibility index (Phi) is 3.91. The Hall–Kier alpha value is -1.92. The molecule has 0 saturated heterocycles. The fourth-order valence-corrected chi connectivity index (χ4v) is 2.81. The number of hydrogen-bond acceptors (Lipinski definition) is 2. The Morgan fingerprint density at radius 1 is 1.11 bits per heavy atom. The third kappa shape index (κ3) is 2.85. The van der Waals surface area contributed by atoms with Crippen LogP contribution in [0.1, 0.15) is 16.7 Å². The molecule has 3 heteroatoms. The van der Waals surface area contributed by atoms with Crippen LogP contribution in [0.2, 0.25) is 0 Å². The van der Waals surface area contributed by atoms with Crippen molar-refractivity contribution in [3.63, 3.8) is 0 Å². The zero-order chi connectivity index (χ0) is 13.0. The molecule has 2 nitrogen and oxygen atoms in total. The first-order chi connectivity index (χ1) is 8.70. The van der Waals surface area contributed by atoms with Crippen molar-refractivity contribution >= 4 is 10.8 Å². The van der Waals surface area contributed by atoms with E-state index >= 15 is 0 Å². The quantitative estimate of drug-likeness (QED) is 0.845. The minimum atomic E-state index is -1.11. The molecule has 0 N–H and O–H groups in total. The lowest BCUT2D eigenvalue weighted by Gasteiger charge is -2.04. The molecule has 0 aliphatic heterocycles. The molecule has 0 radical (unpaired) electrons. The van der Waals surface area contributed by atoms with Crippen LogP contribution in [0.5, 0.6) is 0 Å². The second kappa shape index (κ2) is 5.61. The minimum absolute atomic E-state index is 0.382. The van der Waals surface area contributed by atoms with Crippen molar-refractivity contribution in [3.05, 3.63) is 65.2 Å². The molecule has 0 saturated carbocycles. The number of hydrogen-bond donors (Lipinski definition) is 0. The van der Waals surface area contributed by atoms with Gasteiger partial charge in [0.1, 0.15) is 0 Å². The molecule has 0 fully saturated rings. The molecule has 90 valence electrons. The van der Waals surface area contributed by atoms with Crippen molar-refractivity contribution in [2.75, 3.05) is 0 Å². The van der Waals surface area contributed by atoms with Gasteiger partial charge in [0, 0.05) is 4.90 Å². The Balaban J connectivity index is 2.22. The molecule has 18 heavy (non-hydrogen) atoms. The smallest absolute Gasteiger partial charge is 0.0994 e. The van der Waals surface area contributed by atoms with E-state index in [-0.39, 0.29) is 0 Å². The molecule has 1 unspecified atom stereocenters. The first kappa shape index (κ1) is 12.5. The van der Waals surface area contributed by atoms with Gasteiger partial charge in [0.2, 0.25) is 0 Å². The van der Waals surface area contributed by atoms with Crippen molar-refractivity contribution in [2.24, 2.45) is 0 Å². The predicted molar refractivity (Wildman–Crippen MR) is 72.4 cm³/mol. The molecule has 2 rings (SSSR count). The van der Waals surface area contributed by atoms with E-state index < -0.39 is 10.8 Å². The lowest BCUT2D eigenvalue weighted by Crippen LogP contribution is -1.98. The summed E-state index contributed by atoms with van der Waals surface area (Å²) in [6.07, 6.45) is 0. The first-order valence-electron chi connectivity index (χ1n) is 5.64. The zero-order valence-electron chi connectivity index (χ0n) is 10.1. The van der Waals surface area contributed by atoms with Crippen LogP contribution in [0.15, 0.2) is 53.4 Å². The Labute approximate surface area is 109 Å². The third-order valence-electron chi connectivity index (χ3n) is 2.71. The average Bonchev–Trinajstić information content (AvgIpc) is 2.40. The van der Waals surface area contributed by atoms with Gasteiger partial charge in [-0.05, 0) is 30.7 Å². The van der Waals surface area contributed by atoms with E-state index in [1.54, 1.807) is 6.07 Å². The highest BCUT2D eigenvalue weighted by molar-refractivity contribution is 7.84. The van der Waals surface area contributed by atoms with Gasteiger partial charge in [-0.1, -0.05) is 35.9 Å². The number of nitrogens with zero attached hydrogens (tertiary/aromatic N) is 1. The van der Waals surface area contributed by atoms with Crippen molar-refractivity contribution in [2.45, 2.75) is 17.6 Å². The average molecular weight is 255 g/mol. The van der Waals surface area contributed by atoms with Gasteiger partial charge in [0.15, 0.2) is 0 Å². The number of aryl methyl sites for hydroxylation is 1. The van der Waals surface area contributed by atoms with E-state index in [0.29, 0.717) is 11.3 Å². The Bertz CT molecular complexity index is 611. The zero-order valence-corrected chi connectivity index (χ0v) is 10.9. The highest BCUT2D eigenvalue weighted by Crippen LogP contribution is 2.15. The molecule has 2 aromatic rings. The van der Waals surface area contributed by atoms with Crippen molar-refractivity contribution in [1.29, 1.82) is 5.26 Å². The molecule has 0 aromatic heterocycles. The van der Waals surface area contributed by atoms with Crippen LogP contribution in [-0.2, 0) is 16.6 Å². The van der Waals surface area contributed by atoms with Gasteiger partial charge in [0.25, 0.3) is 0 Å². The summed E-state index contributed by atoms with van der Waals surface area (Å²) in [4.78, 5) is 0.799. The highest BCUT2D eigenvalue weighted by atomic mass is 32.2. The molecule has 0 bridgehead atoms. The van der Waals surface area contributed by atoms with Crippen molar-refractivity contribution in [3.8, 4) is 6.07 Å². The van der Waals surface area contributed by atoms with E-state index in [9.17, 15) is 4.21 Å². The van der Waals surface area contributed by atoms with E-state index in [1.165, 1.54) is 0 Å². The maximum Gasteiger partial charge on any atom is 0.0994 e. The SMILES string of the molecule is Cc1ccc(S(=O)Cc2ccccc2C#N)cc1. The molecule has 0 spiro atoms. The van der Waals surface area contributed by atoms with Gasteiger partial charge < -0.3 is 0 Å². The Morgan fingerprint density at radius 2 is 1.78 bits per heavy atom. The second-order valence-electron chi connectivity index (χ2n) is 4.07. The van der Waals surface area contributed by atoms with Crippen LogP contribution in [0.4, 0.5) is 0 Å². The van der Waals surface area contributed by atoms with Crippen LogP contribution in [0.25, 0.3) is 0 Å². The summed E-state index contributed by atoms with van der Waals surface area (Å²) < 4.78 is 12.2. The monoisotopic (exact) mass is 255 g/mol. The second-order valence-corrected chi connectivity index (χ2v) is 5.52. The molecule has 0 heterocycles. The van der Waals surface area contributed by atoms with E-state index in [1.807, 2.05) is 49.4 Å². The summed E-state index contributed by atoms with van der Waals surface area (Å²) in [7, 11) is -1.11. The van der Waals surface area contributed by atoms with Gasteiger partial charge in [-0.25, -0.2) is 0 Å². The summed E-state index contributed by atoms with van der Waals surface area (Å²) in [6, 6.07) is 17.1. The van der Waals surface area contributed by atoms with Gasteiger partial charge in [-0.15, -0.1) is 0 Å². The summed E-state index contributed by atoms with van der Waals surface area (Å²) in [5.74, 6) is 0.382. The third-order valence-corrected chi connectivity index (χ3v) is 4.08. The largest absolute Gasteiger partial charge is 0.254 e. The maximum absolute atomic E-state index is 12.2. The lowest BCUT2D eigenvalue weighted by molar-refractivity contribution is 0.682. The predicted octanol–water partition coefficient (Wildman–Crippen LogP) is 3.17. The fourth-order valence-electron chi connectivity index (χ4n) is 1.67. The van der Waals surface area contributed by atoms with Crippen LogP contribution >= 0.6 is 0 Å². The number of benzene rings is 2. The summed E-state index contributed by atoms with van der Waals surface area (Å²) in [6.45, 7) is 2.00. The number of nitriles is 1. The molecule has 0 aliphatic rings. The molecule has 0 aliphatic carbocycles. The van der Waals surface area contributed by atoms with Crippen molar-refractivity contribution < 1.29 is 4.21 Å². The fraction of sp³-hybridized carbons (Fsp3) is 0.133. The topological polar surface area (TPSA) is 40.9 Å². The minimum Gasteiger partial charge on any atom is -0.254 e. The molecule has 1 atom stereocenters. The molecule has 0 amide bonds. The first-order valence-corrected chi connectivity index (χ1v) is 6.95. The van der Waals surface area contributed by atoms with Crippen LogP contribution in [0.3, 0.4) is 0 Å². The maximum atomic E-state index is 12.2. The standard InChI is InChI=1S/C15H13NOS/c1-12-6-8-15(9-7-12)18(17)11-14-5-3-2-4-13(14)10-16/h2-9H,11H2,1H3. The van der Waals surface area contributed by atoms with Crippen molar-refractivity contribution in [1.82, 2.24) is 0 Å². The van der Waals surface area contributed by atoms with Gasteiger partial charge >= 0.3 is 0 Å². The van der Waals surface area contributed by atoms with Gasteiger partial charge in [-0.3, -0.25) is 4.21 Å². The molecular formula is C15H13NOS. The van der Waals surface area contributed by atoms with Crippen LogP contribution in [-0.4, -0.2) is 4.21 Å². The van der Waals surface area contributed by atoms with E-state index in [0.717, 1.165) is 16.0 Å². The van der Waals surface area contributed by atoms with Crippen LogP contribution < -0.4 is 0 Å². The number of rotatable bonds is 3. The Morgan fingerprint density at radius 3 is 2.44 bits per heavy atom. The lowest BCUT2D eigenvalue weighted by atomic mass is 10.1. The van der Waals surface area contributed by atoms with E-state index in [4.69, 9.17) is 5.26 Å². The molecular weight excluding hydrogens is 242 g/mol. The van der Waals surface area contributed by atoms with Crippen LogP contribution in [0, 0.1) is 18.3 Å².